The van der Waals surface area contributed by atoms with Gasteiger partial charge < -0.3 is 19.9 Å². The lowest BCUT2D eigenvalue weighted by Gasteiger charge is -2.33. The van der Waals surface area contributed by atoms with E-state index in [1.54, 1.807) is 29.2 Å². The Kier molecular flexibility index (Phi) is 8.99. The number of aromatic nitrogens is 2. The predicted octanol–water partition coefficient (Wildman–Crippen LogP) is 3.18. The molecule has 2 aliphatic rings. The molecule has 0 aliphatic carbocycles. The van der Waals surface area contributed by atoms with E-state index in [2.05, 4.69) is 23.2 Å². The zero-order chi connectivity index (χ0) is 32.4. The molecule has 3 aromatic carbocycles. The van der Waals surface area contributed by atoms with E-state index in [-0.39, 0.29) is 33.4 Å². The molecule has 0 saturated carbocycles. The Morgan fingerprint density at radius 2 is 1.67 bits per heavy atom. The van der Waals surface area contributed by atoms with Crippen LogP contribution in [-0.2, 0) is 14.8 Å². The molecule has 2 saturated heterocycles. The van der Waals surface area contributed by atoms with Crippen LogP contribution in [0.3, 0.4) is 0 Å². The van der Waals surface area contributed by atoms with Gasteiger partial charge in [0.2, 0.25) is 0 Å². The average Bonchev–Trinajstić information content (AvgIpc) is 3.67. The number of ether oxygens (including phenoxy) is 1. The van der Waals surface area contributed by atoms with Crippen molar-refractivity contribution >= 4 is 27.0 Å². The number of piperidine rings is 1. The van der Waals surface area contributed by atoms with Crippen molar-refractivity contribution in [2.24, 2.45) is 0 Å². The van der Waals surface area contributed by atoms with Crippen molar-refractivity contribution in [1.29, 1.82) is 5.26 Å². The number of carbonyl (C=O) groups is 1. The molecule has 2 fully saturated rings. The summed E-state index contributed by atoms with van der Waals surface area (Å²) >= 11 is 0. The number of benzene rings is 3. The molecular formula is C34H38N6O5S. The summed E-state index contributed by atoms with van der Waals surface area (Å²) in [4.78, 5) is 33.0. The first-order chi connectivity index (χ1) is 22.2. The zero-order valence-electron chi connectivity index (χ0n) is 26.0. The highest BCUT2D eigenvalue weighted by Gasteiger charge is 2.37. The first-order valence-electron chi connectivity index (χ1n) is 15.6. The van der Waals surface area contributed by atoms with E-state index in [0.29, 0.717) is 30.4 Å². The summed E-state index contributed by atoms with van der Waals surface area (Å²) in [6, 6.07) is 20.5. The molecule has 0 spiro atoms. The van der Waals surface area contributed by atoms with Gasteiger partial charge >= 0.3 is 5.69 Å². The largest absolute Gasteiger partial charge is 0.497 e. The van der Waals surface area contributed by atoms with Crippen molar-refractivity contribution in [2.45, 2.75) is 49.2 Å². The smallest absolute Gasteiger partial charge is 0.344 e. The highest BCUT2D eigenvalue weighted by atomic mass is 32.2. The molecule has 2 unspecified atom stereocenters. The van der Waals surface area contributed by atoms with Gasteiger partial charge in [0.25, 0.3) is 15.9 Å². The van der Waals surface area contributed by atoms with Crippen LogP contribution < -0.4 is 15.7 Å². The Bertz CT molecular complexity index is 1920. The van der Waals surface area contributed by atoms with Gasteiger partial charge in [0.05, 0.1) is 34.7 Å². The highest BCUT2D eigenvalue weighted by molar-refractivity contribution is 7.90. The van der Waals surface area contributed by atoms with E-state index in [9.17, 15) is 23.3 Å². The van der Waals surface area contributed by atoms with E-state index in [4.69, 9.17) is 4.74 Å². The molecule has 46 heavy (non-hydrogen) atoms. The van der Waals surface area contributed by atoms with Gasteiger partial charge in [-0.2, -0.15) is 9.23 Å². The average molecular weight is 643 g/mol. The SMILES string of the molecule is CCN1CCC(NC2CCN(C(=O)C(c3ccccc3)n3c(=O)n(S(=O)(=O)c4ccc(OC)cc4)c4ccc(C#N)cc43)C2)CC1. The molecule has 3 heterocycles. The molecule has 240 valence electrons. The van der Waals surface area contributed by atoms with Crippen molar-refractivity contribution < 1.29 is 17.9 Å². The van der Waals surface area contributed by atoms with Crippen molar-refractivity contribution in [3.8, 4) is 11.8 Å². The Morgan fingerprint density at radius 1 is 0.978 bits per heavy atom. The predicted molar refractivity (Wildman–Crippen MR) is 174 cm³/mol. The number of carbonyl (C=O) groups excluding carboxylic acids is 1. The van der Waals surface area contributed by atoms with Gasteiger partial charge in [-0.1, -0.05) is 37.3 Å². The fraction of sp³-hybridized carbons (Fsp3) is 0.382. The minimum Gasteiger partial charge on any atom is -0.497 e. The van der Waals surface area contributed by atoms with Gasteiger partial charge in [0, 0.05) is 25.2 Å². The van der Waals surface area contributed by atoms with Gasteiger partial charge in [0.1, 0.15) is 11.8 Å². The molecule has 4 aromatic rings. The van der Waals surface area contributed by atoms with Gasteiger partial charge in [-0.25, -0.2) is 13.2 Å². The second kappa shape index (κ2) is 13.1. The number of nitriles is 1. The van der Waals surface area contributed by atoms with E-state index < -0.39 is 21.8 Å². The van der Waals surface area contributed by atoms with E-state index in [1.807, 2.05) is 6.07 Å². The quantitative estimate of drug-likeness (QED) is 0.295. The third-order valence-electron chi connectivity index (χ3n) is 9.17. The minimum absolute atomic E-state index is 0.0768. The number of rotatable bonds is 9. The number of likely N-dealkylation sites (tertiary alicyclic amines) is 2. The number of nitrogens with zero attached hydrogens (tertiary/aromatic N) is 5. The lowest BCUT2D eigenvalue weighted by atomic mass is 10.0. The summed E-state index contributed by atoms with van der Waals surface area (Å²) in [5.74, 6) is 0.161. The standard InChI is InChI=1S/C34H38N6O5S/c1-3-37-18-15-26(16-19-37)36-27-17-20-38(23-27)33(41)32(25-7-5-4-6-8-25)39-31-21-24(22-35)9-14-30(31)40(34(39)42)46(43,44)29-12-10-28(45-2)11-13-29/h4-14,21,26-27,32,36H,3,15-20,23H2,1-2H3. The molecule has 1 N–H and O–H groups in total. The molecule has 12 heteroatoms. The van der Waals surface area contributed by atoms with Gasteiger partial charge in [-0.05, 0) is 86.9 Å². The van der Waals surface area contributed by atoms with Crippen molar-refractivity contribution in [1.82, 2.24) is 23.7 Å². The van der Waals surface area contributed by atoms with Crippen molar-refractivity contribution in [3.63, 3.8) is 0 Å². The van der Waals surface area contributed by atoms with Crippen LogP contribution in [0.25, 0.3) is 11.0 Å². The summed E-state index contributed by atoms with van der Waals surface area (Å²) in [7, 11) is -2.93. The molecule has 2 atom stereocenters. The first kappa shape index (κ1) is 31.5. The van der Waals surface area contributed by atoms with Gasteiger partial charge in [-0.15, -0.1) is 0 Å². The fourth-order valence-corrected chi connectivity index (χ4v) is 8.05. The second-order valence-corrected chi connectivity index (χ2v) is 13.7. The molecule has 2 aliphatic heterocycles. The normalized spacial score (nSPS) is 18.5. The Morgan fingerprint density at radius 3 is 2.33 bits per heavy atom. The topological polar surface area (TPSA) is 130 Å². The molecule has 11 nitrogen and oxygen atoms in total. The minimum atomic E-state index is -4.41. The van der Waals surface area contributed by atoms with E-state index in [0.717, 1.165) is 42.9 Å². The number of fused-ring (bicyclic) bond motifs is 1. The van der Waals surface area contributed by atoms with Crippen LogP contribution >= 0.6 is 0 Å². The Hall–Kier alpha value is -4.44. The summed E-state index contributed by atoms with van der Waals surface area (Å²) in [5, 5.41) is 13.5. The van der Waals surface area contributed by atoms with Gasteiger partial charge in [-0.3, -0.25) is 9.36 Å². The third kappa shape index (κ3) is 5.93. The van der Waals surface area contributed by atoms with Gasteiger partial charge in [0.15, 0.2) is 0 Å². The lowest BCUT2D eigenvalue weighted by Crippen LogP contribution is -2.47. The summed E-state index contributed by atoms with van der Waals surface area (Å²) < 4.78 is 35.2. The Labute approximate surface area is 268 Å². The van der Waals surface area contributed by atoms with Crippen molar-refractivity contribution in [2.75, 3.05) is 39.8 Å². The van der Waals surface area contributed by atoms with Crippen LogP contribution in [-0.4, -0.2) is 84.6 Å². The summed E-state index contributed by atoms with van der Waals surface area (Å²) in [5.41, 5.74) is 0.146. The molecule has 1 aromatic heterocycles. The number of imidazole rings is 1. The maximum atomic E-state index is 14.5. The zero-order valence-corrected chi connectivity index (χ0v) is 26.8. The van der Waals surface area contributed by atoms with Crippen LogP contribution in [0.1, 0.15) is 43.4 Å². The highest BCUT2D eigenvalue weighted by Crippen LogP contribution is 2.29. The van der Waals surface area contributed by atoms with Crippen LogP contribution in [0.4, 0.5) is 0 Å². The molecular weight excluding hydrogens is 604 g/mol. The molecule has 1 amide bonds. The van der Waals surface area contributed by atoms with Crippen LogP contribution in [0, 0.1) is 11.3 Å². The maximum absolute atomic E-state index is 14.5. The summed E-state index contributed by atoms with van der Waals surface area (Å²) in [6.07, 6.45) is 2.90. The second-order valence-electron chi connectivity index (χ2n) is 11.9. The Balaban J connectivity index is 1.41. The van der Waals surface area contributed by atoms with Crippen LogP contribution in [0.15, 0.2) is 82.5 Å². The van der Waals surface area contributed by atoms with E-state index >= 15 is 0 Å². The molecule has 6 rings (SSSR count). The summed E-state index contributed by atoms with van der Waals surface area (Å²) in [6.45, 7) is 6.32. The third-order valence-corrected chi connectivity index (χ3v) is 10.9. The van der Waals surface area contributed by atoms with E-state index in [1.165, 1.54) is 54.1 Å². The number of hydrogen-bond acceptors (Lipinski definition) is 8. The molecule has 0 bridgehead atoms. The van der Waals surface area contributed by atoms with Crippen LogP contribution in [0.5, 0.6) is 5.75 Å². The number of hydrogen-bond donors (Lipinski definition) is 1. The van der Waals surface area contributed by atoms with Crippen LogP contribution in [0.2, 0.25) is 0 Å². The van der Waals surface area contributed by atoms with Crippen molar-refractivity contribution in [3.05, 3.63) is 94.4 Å². The number of methoxy groups -OCH3 is 1. The number of nitrogens with one attached hydrogen (secondary N) is 1. The fourth-order valence-electron chi connectivity index (χ4n) is 6.65. The maximum Gasteiger partial charge on any atom is 0.344 e. The molecule has 0 radical (unpaired) electrons. The monoisotopic (exact) mass is 642 g/mol. The first-order valence-corrected chi connectivity index (χ1v) is 17.1. The lowest BCUT2D eigenvalue weighted by molar-refractivity contribution is -0.132. The number of amides is 1.